The van der Waals surface area contributed by atoms with Gasteiger partial charge in [-0.2, -0.15) is 0 Å². The maximum atomic E-state index is 4.54. The van der Waals surface area contributed by atoms with Crippen molar-refractivity contribution in [2.45, 2.75) is 33.1 Å². The van der Waals surface area contributed by atoms with Crippen molar-refractivity contribution in [1.29, 1.82) is 0 Å². The van der Waals surface area contributed by atoms with Crippen molar-refractivity contribution in [3.8, 4) is 0 Å². The summed E-state index contributed by atoms with van der Waals surface area (Å²) in [4.78, 5) is 4.54. The van der Waals surface area contributed by atoms with Gasteiger partial charge in [-0.25, -0.2) is 4.98 Å². The summed E-state index contributed by atoms with van der Waals surface area (Å²) in [5.74, 6) is 0. The molecule has 2 heteroatoms. The van der Waals surface area contributed by atoms with E-state index in [0.29, 0.717) is 0 Å². The van der Waals surface area contributed by atoms with Gasteiger partial charge in [0.1, 0.15) is 5.65 Å². The lowest BCUT2D eigenvalue weighted by Crippen LogP contribution is -2.12. The molecular weight excluding hydrogens is 172 g/mol. The van der Waals surface area contributed by atoms with Crippen LogP contribution in [0.25, 0.3) is 5.65 Å². The van der Waals surface area contributed by atoms with E-state index >= 15 is 0 Å². The topological polar surface area (TPSA) is 17.3 Å². The Morgan fingerprint density at radius 2 is 2.00 bits per heavy atom. The zero-order valence-electron chi connectivity index (χ0n) is 9.20. The van der Waals surface area contributed by atoms with E-state index in [4.69, 9.17) is 0 Å². The standard InChI is InChI=1S/C12H16N2/c1-9-8-14-7-5-6-10(11(14)13-9)12(2,3)4/h5-8H,1-4H3. The fraction of sp³-hybridized carbons (Fsp3) is 0.417. The van der Waals surface area contributed by atoms with Crippen molar-refractivity contribution in [2.75, 3.05) is 0 Å². The van der Waals surface area contributed by atoms with Crippen LogP contribution in [-0.2, 0) is 5.41 Å². The maximum absolute atomic E-state index is 4.54. The van der Waals surface area contributed by atoms with E-state index in [1.807, 2.05) is 13.1 Å². The summed E-state index contributed by atoms with van der Waals surface area (Å²) in [6, 6.07) is 4.23. The van der Waals surface area contributed by atoms with Gasteiger partial charge in [0.25, 0.3) is 0 Å². The van der Waals surface area contributed by atoms with Gasteiger partial charge in [0, 0.05) is 18.0 Å². The lowest BCUT2D eigenvalue weighted by atomic mass is 9.88. The molecule has 2 aromatic rings. The molecule has 2 aromatic heterocycles. The first-order valence-electron chi connectivity index (χ1n) is 4.93. The molecule has 0 spiro atoms. The van der Waals surface area contributed by atoms with Crippen LogP contribution in [0, 0.1) is 6.92 Å². The quantitative estimate of drug-likeness (QED) is 0.621. The van der Waals surface area contributed by atoms with Gasteiger partial charge in [0.05, 0.1) is 5.69 Å². The van der Waals surface area contributed by atoms with Gasteiger partial charge >= 0.3 is 0 Å². The van der Waals surface area contributed by atoms with Gasteiger partial charge in [-0.3, -0.25) is 0 Å². The van der Waals surface area contributed by atoms with Gasteiger partial charge in [0.2, 0.25) is 0 Å². The summed E-state index contributed by atoms with van der Waals surface area (Å²) in [5, 5.41) is 0. The molecule has 2 rings (SSSR count). The van der Waals surface area contributed by atoms with Crippen molar-refractivity contribution in [3.63, 3.8) is 0 Å². The number of pyridine rings is 1. The highest BCUT2D eigenvalue weighted by Crippen LogP contribution is 2.25. The first kappa shape index (κ1) is 9.25. The smallest absolute Gasteiger partial charge is 0.140 e. The number of imidazole rings is 1. The Kier molecular flexibility index (Phi) is 1.88. The van der Waals surface area contributed by atoms with Crippen LogP contribution < -0.4 is 0 Å². The monoisotopic (exact) mass is 188 g/mol. The second kappa shape index (κ2) is 2.84. The van der Waals surface area contributed by atoms with E-state index in [2.05, 4.69) is 48.5 Å². The molecule has 74 valence electrons. The lowest BCUT2D eigenvalue weighted by Gasteiger charge is -2.19. The summed E-state index contributed by atoms with van der Waals surface area (Å²) < 4.78 is 2.09. The van der Waals surface area contributed by atoms with Gasteiger partial charge in [-0.1, -0.05) is 26.8 Å². The van der Waals surface area contributed by atoms with E-state index in [1.165, 1.54) is 5.56 Å². The Morgan fingerprint density at radius 1 is 1.29 bits per heavy atom. The summed E-state index contributed by atoms with van der Waals surface area (Å²) in [5.41, 5.74) is 3.60. The summed E-state index contributed by atoms with van der Waals surface area (Å²) in [6.07, 6.45) is 4.11. The molecule has 2 nitrogen and oxygen atoms in total. The highest BCUT2D eigenvalue weighted by atomic mass is 15.0. The van der Waals surface area contributed by atoms with Crippen molar-refractivity contribution in [1.82, 2.24) is 9.38 Å². The SMILES string of the molecule is Cc1cn2cccc(C(C)(C)C)c2n1. The van der Waals surface area contributed by atoms with E-state index < -0.39 is 0 Å². The average Bonchev–Trinajstić information content (AvgIpc) is 2.41. The van der Waals surface area contributed by atoms with Crippen LogP contribution >= 0.6 is 0 Å². The second-order valence-electron chi connectivity index (χ2n) is 4.79. The second-order valence-corrected chi connectivity index (χ2v) is 4.79. The van der Waals surface area contributed by atoms with Crippen LogP contribution in [0.4, 0.5) is 0 Å². The van der Waals surface area contributed by atoms with Gasteiger partial charge in [-0.05, 0) is 18.4 Å². The van der Waals surface area contributed by atoms with E-state index in [0.717, 1.165) is 11.3 Å². The largest absolute Gasteiger partial charge is 0.307 e. The molecule has 14 heavy (non-hydrogen) atoms. The number of nitrogens with zero attached hydrogens (tertiary/aromatic N) is 2. The lowest BCUT2D eigenvalue weighted by molar-refractivity contribution is 0.591. The Labute approximate surface area is 84.6 Å². The molecular formula is C12H16N2. The number of hydrogen-bond acceptors (Lipinski definition) is 1. The van der Waals surface area contributed by atoms with Crippen LogP contribution in [0.15, 0.2) is 24.5 Å². The zero-order chi connectivity index (χ0) is 10.3. The average molecular weight is 188 g/mol. The molecule has 0 amide bonds. The molecule has 0 unspecified atom stereocenters. The fourth-order valence-corrected chi connectivity index (χ4v) is 1.72. The van der Waals surface area contributed by atoms with Crippen LogP contribution in [0.2, 0.25) is 0 Å². The predicted octanol–water partition coefficient (Wildman–Crippen LogP) is 2.94. The third kappa shape index (κ3) is 1.41. The molecule has 0 bridgehead atoms. The Hall–Kier alpha value is -1.31. The molecule has 2 heterocycles. The number of aromatic nitrogens is 2. The van der Waals surface area contributed by atoms with Gasteiger partial charge in [0.15, 0.2) is 0 Å². The van der Waals surface area contributed by atoms with E-state index in [9.17, 15) is 0 Å². The molecule has 0 saturated heterocycles. The first-order chi connectivity index (χ1) is 6.48. The molecule has 0 aliphatic carbocycles. The van der Waals surface area contributed by atoms with Crippen LogP contribution in [0.1, 0.15) is 32.0 Å². The normalized spacial score (nSPS) is 12.3. The molecule has 0 radical (unpaired) electrons. The van der Waals surface area contributed by atoms with E-state index in [1.54, 1.807) is 0 Å². The molecule has 0 atom stereocenters. The minimum absolute atomic E-state index is 0.153. The molecule has 0 aliphatic heterocycles. The molecule has 0 fully saturated rings. The van der Waals surface area contributed by atoms with Crippen molar-refractivity contribution >= 4 is 5.65 Å². The highest BCUT2D eigenvalue weighted by Gasteiger charge is 2.17. The molecule has 0 saturated carbocycles. The van der Waals surface area contributed by atoms with Crippen LogP contribution in [0.5, 0.6) is 0 Å². The number of fused-ring (bicyclic) bond motifs is 1. The van der Waals surface area contributed by atoms with Crippen LogP contribution in [0.3, 0.4) is 0 Å². The molecule has 0 aromatic carbocycles. The summed E-state index contributed by atoms with van der Waals surface area (Å²) in [6.45, 7) is 8.67. The summed E-state index contributed by atoms with van der Waals surface area (Å²) >= 11 is 0. The van der Waals surface area contributed by atoms with Gasteiger partial charge in [-0.15, -0.1) is 0 Å². The maximum Gasteiger partial charge on any atom is 0.140 e. The third-order valence-electron chi connectivity index (χ3n) is 2.41. The minimum atomic E-state index is 0.153. The van der Waals surface area contributed by atoms with Crippen molar-refractivity contribution < 1.29 is 0 Å². The Balaban J connectivity index is 2.77. The fourth-order valence-electron chi connectivity index (χ4n) is 1.72. The highest BCUT2D eigenvalue weighted by molar-refractivity contribution is 5.52. The minimum Gasteiger partial charge on any atom is -0.307 e. The Morgan fingerprint density at radius 3 is 2.64 bits per heavy atom. The van der Waals surface area contributed by atoms with Crippen LogP contribution in [-0.4, -0.2) is 9.38 Å². The van der Waals surface area contributed by atoms with E-state index in [-0.39, 0.29) is 5.41 Å². The first-order valence-corrected chi connectivity index (χ1v) is 4.93. The Bertz CT molecular complexity index is 461. The molecule has 0 N–H and O–H groups in total. The number of aryl methyl sites for hydroxylation is 1. The van der Waals surface area contributed by atoms with Crippen molar-refractivity contribution in [3.05, 3.63) is 35.8 Å². The number of hydrogen-bond donors (Lipinski definition) is 0. The predicted molar refractivity (Wildman–Crippen MR) is 58.6 cm³/mol. The van der Waals surface area contributed by atoms with Crippen molar-refractivity contribution in [2.24, 2.45) is 0 Å². The summed E-state index contributed by atoms with van der Waals surface area (Å²) in [7, 11) is 0. The number of rotatable bonds is 0. The third-order valence-corrected chi connectivity index (χ3v) is 2.41. The zero-order valence-corrected chi connectivity index (χ0v) is 9.20. The van der Waals surface area contributed by atoms with Gasteiger partial charge < -0.3 is 4.40 Å². The molecule has 0 aliphatic rings.